The number of unbranched alkanes of at least 4 members (excludes halogenated alkanes) is 6. The molecule has 0 heterocycles. The first-order chi connectivity index (χ1) is 26.3. The summed E-state index contributed by atoms with van der Waals surface area (Å²) in [6.07, 6.45) is 19.5. The first-order valence-electron chi connectivity index (χ1n) is 16.6. The fourth-order valence-electron chi connectivity index (χ4n) is 3.54. The average molecular weight is 762 g/mol. The summed E-state index contributed by atoms with van der Waals surface area (Å²) in [7, 11) is 0. The predicted octanol–water partition coefficient (Wildman–Crippen LogP) is 2.00. The Labute approximate surface area is 311 Å². The van der Waals surface area contributed by atoms with Gasteiger partial charge in [-0.25, -0.2) is 58.1 Å². The van der Waals surface area contributed by atoms with E-state index in [4.69, 9.17) is 15.3 Å². The Balaban J connectivity index is -0.000000314. The van der Waals surface area contributed by atoms with Gasteiger partial charge in [0.05, 0.1) is 39.5 Å². The lowest BCUT2D eigenvalue weighted by molar-refractivity contribution is 0.00304. The highest BCUT2D eigenvalue weighted by Crippen LogP contribution is 2.18. The lowest BCUT2D eigenvalue weighted by Gasteiger charge is -2.24. The third-order valence-corrected chi connectivity index (χ3v) is 6.86. The summed E-state index contributed by atoms with van der Waals surface area (Å²) >= 11 is 0. The van der Waals surface area contributed by atoms with Crippen LogP contribution in [0.2, 0.25) is 0 Å². The summed E-state index contributed by atoms with van der Waals surface area (Å²) in [6.45, 7) is 2.69. The molecule has 0 atom stereocenters. The Morgan fingerprint density at radius 3 is 0.778 bits per heavy atom. The number of aliphatic hydroxyl groups is 3. The van der Waals surface area contributed by atoms with Crippen LogP contribution < -0.4 is 0 Å². The summed E-state index contributed by atoms with van der Waals surface area (Å²) in [6, 6.07) is 0. The molecule has 54 heavy (non-hydrogen) atoms. The second kappa shape index (κ2) is 47.3. The van der Waals surface area contributed by atoms with E-state index in [9.17, 15) is 43.2 Å². The summed E-state index contributed by atoms with van der Waals surface area (Å²) < 4.78 is 0. The zero-order chi connectivity index (χ0) is 41.4. The van der Waals surface area contributed by atoms with Gasteiger partial charge in [0.2, 0.25) is 54.7 Å². The van der Waals surface area contributed by atoms with Crippen LogP contribution in [0.4, 0.5) is 0 Å². The minimum Gasteiger partial charge on any atom is -0.396 e. The fraction of sp³-hybridized carbons (Fsp3) is 0.727. The quantitative estimate of drug-likeness (QED) is 0.0586. The van der Waals surface area contributed by atoms with E-state index in [0.29, 0.717) is 45.3 Å². The number of hydrogen-bond donors (Lipinski definition) is 3. The van der Waals surface area contributed by atoms with Gasteiger partial charge in [0.25, 0.3) is 0 Å². The molecule has 0 bridgehead atoms. The molecule has 0 rings (SSSR count). The molecule has 0 aromatic heterocycles. The van der Waals surface area contributed by atoms with E-state index in [1.807, 2.05) is 6.92 Å². The van der Waals surface area contributed by atoms with Crippen LogP contribution in [0.15, 0.2) is 44.9 Å². The molecule has 21 nitrogen and oxygen atoms in total. The molecular formula is C33H47N9O12. The van der Waals surface area contributed by atoms with Gasteiger partial charge in [-0.2, -0.15) is 30.0 Å². The highest BCUT2D eigenvalue weighted by molar-refractivity contribution is 5.38. The zero-order valence-corrected chi connectivity index (χ0v) is 30.2. The molecule has 0 aliphatic heterocycles. The maximum absolute atomic E-state index is 9.92. The van der Waals surface area contributed by atoms with Crippen molar-refractivity contribution in [1.29, 1.82) is 0 Å². The van der Waals surface area contributed by atoms with Crippen LogP contribution in [0, 0.1) is 5.41 Å². The van der Waals surface area contributed by atoms with Crippen molar-refractivity contribution in [1.82, 2.24) is 0 Å². The molecule has 21 heteroatoms. The molecule has 0 fully saturated rings. The van der Waals surface area contributed by atoms with E-state index in [0.717, 1.165) is 57.8 Å². The van der Waals surface area contributed by atoms with Gasteiger partial charge >= 0.3 is 0 Å². The summed E-state index contributed by atoms with van der Waals surface area (Å²) in [4.78, 5) is 119. The third kappa shape index (κ3) is 40.7. The normalized spacial score (nSPS) is 10.7. The van der Waals surface area contributed by atoms with Gasteiger partial charge in [-0.15, -0.1) is 0 Å². The Morgan fingerprint density at radius 1 is 0.389 bits per heavy atom. The molecule has 0 aliphatic carbocycles. The van der Waals surface area contributed by atoms with E-state index in [-0.39, 0.29) is 19.8 Å². The van der Waals surface area contributed by atoms with Gasteiger partial charge in [0.1, 0.15) is 0 Å². The molecule has 0 unspecified atom stereocenters. The monoisotopic (exact) mass is 761 g/mol. The molecule has 0 aromatic carbocycles. The number of hydrogen-bond acceptors (Lipinski definition) is 21. The lowest BCUT2D eigenvalue weighted by atomic mass is 9.88. The smallest absolute Gasteiger partial charge is 0.237 e. The molecule has 3 N–H and O–H groups in total. The first kappa shape index (κ1) is 55.1. The predicted molar refractivity (Wildman–Crippen MR) is 188 cm³/mol. The second-order valence-electron chi connectivity index (χ2n) is 10.6. The molecular weight excluding hydrogens is 714 g/mol. The Bertz CT molecular complexity index is 1180. The van der Waals surface area contributed by atoms with Crippen molar-refractivity contribution in [2.75, 3.05) is 39.5 Å². The van der Waals surface area contributed by atoms with Crippen molar-refractivity contribution in [3.63, 3.8) is 0 Å². The summed E-state index contributed by atoms with van der Waals surface area (Å²) in [5.74, 6) is 0. The van der Waals surface area contributed by atoms with Crippen molar-refractivity contribution in [3.8, 4) is 0 Å². The van der Waals surface area contributed by atoms with Crippen LogP contribution in [-0.2, 0) is 43.2 Å². The minimum atomic E-state index is -0.672. The van der Waals surface area contributed by atoms with Crippen molar-refractivity contribution < 1.29 is 58.5 Å². The van der Waals surface area contributed by atoms with Crippen LogP contribution in [0.5, 0.6) is 0 Å². The van der Waals surface area contributed by atoms with Crippen LogP contribution in [0.3, 0.4) is 0 Å². The Kier molecular flexibility index (Phi) is 48.2. The topological polar surface area (TPSA) is 326 Å². The van der Waals surface area contributed by atoms with Gasteiger partial charge in [-0.3, -0.25) is 0 Å². The maximum atomic E-state index is 9.92. The van der Waals surface area contributed by atoms with Gasteiger partial charge in [0, 0.05) is 5.41 Å². The molecule has 0 saturated heterocycles. The fourth-order valence-corrected chi connectivity index (χ4v) is 3.54. The van der Waals surface area contributed by atoms with Crippen molar-refractivity contribution in [2.24, 2.45) is 50.3 Å². The van der Waals surface area contributed by atoms with E-state index < -0.39 is 23.9 Å². The highest BCUT2D eigenvalue weighted by Gasteiger charge is 2.24. The number of nitrogens with zero attached hydrogens (tertiary/aromatic N) is 9. The molecule has 0 saturated carbocycles. The SMILES string of the molecule is CCC(CO)(CO)CO.O=C=NCCCCCC(N=C=O)N=C=O.O=C=NCCCCCC(N=C=O)N=C=O.O=C=NCCCCCC(N=C=O)N=C=O. The number of rotatable bonds is 28. The van der Waals surface area contributed by atoms with Crippen LogP contribution in [-0.4, -0.2) is 128 Å². The number of aliphatic imine (C=N–C) groups is 9. The summed E-state index contributed by atoms with van der Waals surface area (Å²) in [5, 5.41) is 26.0. The van der Waals surface area contributed by atoms with Crippen molar-refractivity contribution in [2.45, 2.75) is 109 Å². The zero-order valence-electron chi connectivity index (χ0n) is 30.2. The maximum Gasteiger partial charge on any atom is 0.237 e. The molecule has 0 radical (unpaired) electrons. The van der Waals surface area contributed by atoms with Crippen molar-refractivity contribution in [3.05, 3.63) is 0 Å². The van der Waals surface area contributed by atoms with Crippen LogP contribution in [0.25, 0.3) is 0 Å². The summed E-state index contributed by atoms with van der Waals surface area (Å²) in [5.41, 5.74) is -0.667. The van der Waals surface area contributed by atoms with Crippen LogP contribution >= 0.6 is 0 Å². The molecule has 0 spiro atoms. The van der Waals surface area contributed by atoms with Gasteiger partial charge < -0.3 is 15.3 Å². The van der Waals surface area contributed by atoms with Gasteiger partial charge in [-0.05, 0) is 64.2 Å². The largest absolute Gasteiger partial charge is 0.396 e. The Hall–Kier alpha value is -5.70. The first-order valence-corrected chi connectivity index (χ1v) is 16.6. The highest BCUT2D eigenvalue weighted by atomic mass is 16.3. The van der Waals surface area contributed by atoms with Gasteiger partial charge in [0.15, 0.2) is 18.5 Å². The molecule has 0 aliphatic rings. The van der Waals surface area contributed by atoms with Gasteiger partial charge in [-0.1, -0.05) is 26.2 Å². The standard InChI is InChI=1S/3C9H11N3O3.C6H14O3/c3*13-6-10-5-3-1-2-4-9(11-7-14)12-8-15;1-2-6(3-7,4-8)5-9/h3*9H,1-5H2;7-9H,2-5H2,1H3. The van der Waals surface area contributed by atoms with E-state index in [1.54, 1.807) is 0 Å². The molecule has 296 valence electrons. The molecule has 0 amide bonds. The average Bonchev–Trinajstić information content (AvgIpc) is 3.18. The lowest BCUT2D eigenvalue weighted by Crippen LogP contribution is -2.32. The van der Waals surface area contributed by atoms with E-state index in [2.05, 4.69) is 44.9 Å². The number of aliphatic hydroxyl groups excluding tert-OH is 3. The van der Waals surface area contributed by atoms with Crippen LogP contribution in [0.1, 0.15) is 90.4 Å². The molecule has 0 aromatic rings. The Morgan fingerprint density at radius 2 is 0.630 bits per heavy atom. The third-order valence-electron chi connectivity index (χ3n) is 6.86. The minimum absolute atomic E-state index is 0.156. The second-order valence-corrected chi connectivity index (χ2v) is 10.6. The van der Waals surface area contributed by atoms with E-state index in [1.165, 1.54) is 54.7 Å². The van der Waals surface area contributed by atoms with Crippen molar-refractivity contribution >= 4 is 54.7 Å². The number of carbonyl (C=O) groups excluding carboxylic acids is 9. The number of isocyanates is 9. The van der Waals surface area contributed by atoms with E-state index >= 15 is 0 Å².